The lowest BCUT2D eigenvalue weighted by Gasteiger charge is -2.06. The van der Waals surface area contributed by atoms with Crippen LogP contribution in [0.4, 0.5) is 0 Å². The highest BCUT2D eigenvalue weighted by molar-refractivity contribution is 5.84. The summed E-state index contributed by atoms with van der Waals surface area (Å²) >= 11 is 0. The molecule has 0 saturated heterocycles. The van der Waals surface area contributed by atoms with Gasteiger partial charge in [-0.05, 0) is 17.2 Å². The molecule has 0 spiro atoms. The molecule has 0 aliphatic heterocycles. The number of nitrogens with zero attached hydrogens (tertiary/aromatic N) is 3. The van der Waals surface area contributed by atoms with Gasteiger partial charge >= 0.3 is 5.69 Å². The average Bonchev–Trinajstić information content (AvgIpc) is 2.99. The summed E-state index contributed by atoms with van der Waals surface area (Å²) in [5.74, 6) is 0. The molecule has 2 aromatic carbocycles. The highest BCUT2D eigenvalue weighted by atomic mass is 16.1. The largest absolute Gasteiger partial charge is 0.344 e. The van der Waals surface area contributed by atoms with E-state index < -0.39 is 0 Å². The SMILES string of the molecule is O=c1ncc(-c2ccc3cnn(Cc4ccccc4)c3c2)c[nH]1. The maximum absolute atomic E-state index is 11.1. The van der Waals surface area contributed by atoms with Gasteiger partial charge in [-0.25, -0.2) is 9.78 Å². The van der Waals surface area contributed by atoms with Gasteiger partial charge in [0.2, 0.25) is 0 Å². The lowest BCUT2D eigenvalue weighted by molar-refractivity contribution is 0.712. The van der Waals surface area contributed by atoms with Crippen LogP contribution >= 0.6 is 0 Å². The number of nitrogens with one attached hydrogen (secondary N) is 1. The van der Waals surface area contributed by atoms with Gasteiger partial charge in [0, 0.05) is 23.3 Å². The Balaban J connectivity index is 1.77. The molecule has 2 heterocycles. The van der Waals surface area contributed by atoms with Crippen LogP contribution in [0.5, 0.6) is 0 Å². The molecule has 1 N–H and O–H groups in total. The average molecular weight is 302 g/mol. The molecule has 5 heteroatoms. The first kappa shape index (κ1) is 13.5. The first-order valence-corrected chi connectivity index (χ1v) is 7.34. The number of fused-ring (bicyclic) bond motifs is 1. The molecule has 0 radical (unpaired) electrons. The smallest absolute Gasteiger partial charge is 0.312 e. The fourth-order valence-electron chi connectivity index (χ4n) is 2.63. The third-order valence-electron chi connectivity index (χ3n) is 3.83. The predicted molar refractivity (Wildman–Crippen MR) is 89.1 cm³/mol. The lowest BCUT2D eigenvalue weighted by Crippen LogP contribution is -2.07. The summed E-state index contributed by atoms with van der Waals surface area (Å²) < 4.78 is 1.98. The van der Waals surface area contributed by atoms with E-state index in [1.54, 1.807) is 12.4 Å². The molecule has 0 amide bonds. The van der Waals surface area contributed by atoms with Gasteiger partial charge in [0.1, 0.15) is 0 Å². The predicted octanol–water partition coefficient (Wildman–Crippen LogP) is 2.83. The Bertz CT molecular complexity index is 998. The Morgan fingerprint density at radius 2 is 1.87 bits per heavy atom. The molecule has 112 valence electrons. The second kappa shape index (κ2) is 5.53. The van der Waals surface area contributed by atoms with Crippen molar-refractivity contribution in [3.05, 3.63) is 83.2 Å². The van der Waals surface area contributed by atoms with Crippen LogP contribution in [0.2, 0.25) is 0 Å². The minimum absolute atomic E-state index is 0.344. The van der Waals surface area contributed by atoms with Crippen LogP contribution < -0.4 is 5.69 Å². The van der Waals surface area contributed by atoms with Crippen molar-refractivity contribution in [1.82, 2.24) is 19.7 Å². The second-order valence-corrected chi connectivity index (χ2v) is 5.37. The van der Waals surface area contributed by atoms with E-state index in [9.17, 15) is 4.79 Å². The monoisotopic (exact) mass is 302 g/mol. The Hall–Kier alpha value is -3.21. The van der Waals surface area contributed by atoms with Crippen molar-refractivity contribution >= 4 is 10.9 Å². The first-order valence-electron chi connectivity index (χ1n) is 7.34. The van der Waals surface area contributed by atoms with E-state index in [0.717, 1.165) is 28.6 Å². The van der Waals surface area contributed by atoms with Gasteiger partial charge < -0.3 is 4.98 Å². The van der Waals surface area contributed by atoms with Crippen molar-refractivity contribution in [2.24, 2.45) is 0 Å². The highest BCUT2D eigenvalue weighted by Gasteiger charge is 2.06. The van der Waals surface area contributed by atoms with E-state index >= 15 is 0 Å². The van der Waals surface area contributed by atoms with Gasteiger partial charge in [0.05, 0.1) is 18.3 Å². The number of aromatic amines is 1. The summed E-state index contributed by atoms with van der Waals surface area (Å²) in [7, 11) is 0. The second-order valence-electron chi connectivity index (χ2n) is 5.37. The molecule has 0 fully saturated rings. The summed E-state index contributed by atoms with van der Waals surface area (Å²) in [6.45, 7) is 0.720. The Labute approximate surface area is 132 Å². The van der Waals surface area contributed by atoms with Crippen LogP contribution in [0.3, 0.4) is 0 Å². The molecule has 0 atom stereocenters. The van der Waals surface area contributed by atoms with Gasteiger partial charge in [0.15, 0.2) is 0 Å². The van der Waals surface area contributed by atoms with E-state index in [4.69, 9.17) is 0 Å². The van der Waals surface area contributed by atoms with Gasteiger partial charge in [-0.1, -0.05) is 42.5 Å². The summed E-state index contributed by atoms with van der Waals surface area (Å²) in [4.78, 5) is 17.5. The number of benzene rings is 2. The van der Waals surface area contributed by atoms with Crippen molar-refractivity contribution in [3.63, 3.8) is 0 Å². The van der Waals surface area contributed by atoms with Crippen LogP contribution in [0.25, 0.3) is 22.0 Å². The molecule has 4 rings (SSSR count). The highest BCUT2D eigenvalue weighted by Crippen LogP contribution is 2.23. The molecule has 23 heavy (non-hydrogen) atoms. The van der Waals surface area contributed by atoms with Gasteiger partial charge in [-0.15, -0.1) is 0 Å². The molecule has 0 saturated carbocycles. The van der Waals surface area contributed by atoms with E-state index in [1.807, 2.05) is 41.2 Å². The molecule has 5 nitrogen and oxygen atoms in total. The molecular formula is C18H14N4O. The van der Waals surface area contributed by atoms with E-state index in [-0.39, 0.29) is 5.69 Å². The lowest BCUT2D eigenvalue weighted by atomic mass is 10.1. The van der Waals surface area contributed by atoms with Crippen molar-refractivity contribution in [1.29, 1.82) is 0 Å². The minimum Gasteiger partial charge on any atom is -0.312 e. The summed E-state index contributed by atoms with van der Waals surface area (Å²) in [5.41, 5.74) is 3.78. The van der Waals surface area contributed by atoms with Crippen molar-refractivity contribution < 1.29 is 0 Å². The zero-order chi connectivity index (χ0) is 15.6. The molecule has 0 aliphatic rings. The number of hydrogen-bond donors (Lipinski definition) is 1. The van der Waals surface area contributed by atoms with Crippen molar-refractivity contribution in [2.45, 2.75) is 6.54 Å². The normalized spacial score (nSPS) is 11.0. The van der Waals surface area contributed by atoms with Crippen molar-refractivity contribution in [3.8, 4) is 11.1 Å². The maximum atomic E-state index is 11.1. The van der Waals surface area contributed by atoms with Gasteiger partial charge in [-0.3, -0.25) is 4.68 Å². The molecule has 0 unspecified atom stereocenters. The quantitative estimate of drug-likeness (QED) is 0.633. The topological polar surface area (TPSA) is 63.6 Å². The standard InChI is InChI=1S/C18H14N4O/c23-18-19-9-16(10-20-18)14-6-7-15-11-21-22(17(15)8-14)12-13-4-2-1-3-5-13/h1-11H,12H2,(H,19,20,23). The van der Waals surface area contributed by atoms with Gasteiger partial charge in [-0.2, -0.15) is 5.10 Å². The maximum Gasteiger partial charge on any atom is 0.344 e. The molecular weight excluding hydrogens is 288 g/mol. The summed E-state index contributed by atoms with van der Waals surface area (Å²) in [6, 6.07) is 16.3. The number of aromatic nitrogens is 4. The zero-order valence-corrected chi connectivity index (χ0v) is 12.3. The molecule has 0 aliphatic carbocycles. The fourth-order valence-corrected chi connectivity index (χ4v) is 2.63. The number of hydrogen-bond acceptors (Lipinski definition) is 3. The van der Waals surface area contributed by atoms with E-state index in [0.29, 0.717) is 0 Å². The number of rotatable bonds is 3. The van der Waals surface area contributed by atoms with E-state index in [2.05, 4.69) is 33.3 Å². The first-order chi connectivity index (χ1) is 11.3. The summed E-state index contributed by atoms with van der Waals surface area (Å²) in [6.07, 6.45) is 5.12. The minimum atomic E-state index is -0.344. The zero-order valence-electron chi connectivity index (χ0n) is 12.3. The van der Waals surface area contributed by atoms with Crippen LogP contribution in [-0.4, -0.2) is 19.7 Å². The molecule has 0 bridgehead atoms. The van der Waals surface area contributed by atoms with Crippen LogP contribution in [0, 0.1) is 0 Å². The Morgan fingerprint density at radius 3 is 2.65 bits per heavy atom. The molecule has 4 aromatic rings. The third-order valence-corrected chi connectivity index (χ3v) is 3.83. The van der Waals surface area contributed by atoms with Crippen LogP contribution in [0.1, 0.15) is 5.56 Å². The van der Waals surface area contributed by atoms with Crippen LogP contribution in [-0.2, 0) is 6.54 Å². The van der Waals surface area contributed by atoms with Crippen molar-refractivity contribution in [2.75, 3.05) is 0 Å². The van der Waals surface area contributed by atoms with Gasteiger partial charge in [0.25, 0.3) is 0 Å². The van der Waals surface area contributed by atoms with E-state index in [1.165, 1.54) is 5.56 Å². The molecule has 2 aromatic heterocycles. The summed E-state index contributed by atoms with van der Waals surface area (Å²) in [5, 5.41) is 5.57. The number of H-pyrrole nitrogens is 1. The van der Waals surface area contributed by atoms with Crippen LogP contribution in [0.15, 0.2) is 71.9 Å². The Morgan fingerprint density at radius 1 is 1.00 bits per heavy atom. The Kier molecular flexibility index (Phi) is 3.24. The third kappa shape index (κ3) is 2.64. The fraction of sp³-hybridized carbons (Fsp3) is 0.0556.